The second-order valence-corrected chi connectivity index (χ2v) is 7.06. The van der Waals surface area contributed by atoms with Crippen LogP contribution >= 0.6 is 0 Å². The van der Waals surface area contributed by atoms with Crippen molar-refractivity contribution >= 4 is 23.4 Å². The molecule has 2 atom stereocenters. The lowest BCUT2D eigenvalue weighted by molar-refractivity contribution is 0.100. The summed E-state index contributed by atoms with van der Waals surface area (Å²) in [5.41, 5.74) is 13.6. The maximum atomic E-state index is 11.8. The molecular weight excluding hydrogens is 370 g/mol. The van der Waals surface area contributed by atoms with E-state index in [1.165, 1.54) is 6.20 Å². The van der Waals surface area contributed by atoms with Crippen molar-refractivity contribution in [3.63, 3.8) is 0 Å². The van der Waals surface area contributed by atoms with Gasteiger partial charge in [-0.1, -0.05) is 12.8 Å². The van der Waals surface area contributed by atoms with E-state index in [1.54, 1.807) is 17.2 Å². The normalized spacial score (nSPS) is 18.9. The summed E-state index contributed by atoms with van der Waals surface area (Å²) >= 11 is 0. The number of aromatic nitrogens is 5. The summed E-state index contributed by atoms with van der Waals surface area (Å²) in [5.74, 6) is 0.159. The molecule has 4 rings (SSSR count). The fourth-order valence-electron chi connectivity index (χ4n) is 3.42. The maximum absolute atomic E-state index is 11.8. The molecule has 2 aromatic heterocycles. The standard InChI is InChI=1S/C19H23N9O/c20-15-3-1-2-4-16(15)26-19-22-9-14(17(21)29)18(27-19)25-12-5-7-13(8-6-12)28-10-23-24-11-28/h5-11,15-16H,1-4,20H2,(H2,21,29)(H2,22,25,26,27)/t15?,16-/m1/s1. The molecule has 3 aromatic rings. The third-order valence-corrected chi connectivity index (χ3v) is 5.04. The molecule has 150 valence electrons. The van der Waals surface area contributed by atoms with E-state index in [0.717, 1.165) is 37.1 Å². The molecule has 1 aliphatic carbocycles. The monoisotopic (exact) mass is 393 g/mol. The van der Waals surface area contributed by atoms with E-state index in [-0.39, 0.29) is 17.6 Å². The summed E-state index contributed by atoms with van der Waals surface area (Å²) in [6, 6.07) is 7.70. The fraction of sp³-hybridized carbons (Fsp3) is 0.316. The van der Waals surface area contributed by atoms with Crippen LogP contribution in [0.15, 0.2) is 43.1 Å². The minimum atomic E-state index is -0.602. The molecule has 10 heteroatoms. The zero-order valence-electron chi connectivity index (χ0n) is 15.8. The Balaban J connectivity index is 1.55. The van der Waals surface area contributed by atoms with Gasteiger partial charge < -0.3 is 22.1 Å². The van der Waals surface area contributed by atoms with E-state index in [2.05, 4.69) is 30.8 Å². The van der Waals surface area contributed by atoms with Crippen molar-refractivity contribution < 1.29 is 4.79 Å². The molecule has 6 N–H and O–H groups in total. The number of carbonyl (C=O) groups is 1. The molecule has 29 heavy (non-hydrogen) atoms. The molecule has 0 spiro atoms. The van der Waals surface area contributed by atoms with Crippen LogP contribution in [0.2, 0.25) is 0 Å². The Morgan fingerprint density at radius 1 is 1.10 bits per heavy atom. The quantitative estimate of drug-likeness (QED) is 0.493. The van der Waals surface area contributed by atoms with Gasteiger partial charge in [-0.2, -0.15) is 4.98 Å². The van der Waals surface area contributed by atoms with E-state index in [0.29, 0.717) is 11.8 Å². The van der Waals surface area contributed by atoms with E-state index < -0.39 is 5.91 Å². The minimum Gasteiger partial charge on any atom is -0.365 e. The van der Waals surface area contributed by atoms with Crippen LogP contribution in [0.25, 0.3) is 5.69 Å². The molecule has 1 amide bonds. The topological polar surface area (TPSA) is 150 Å². The molecule has 0 aliphatic heterocycles. The Morgan fingerprint density at radius 2 is 1.83 bits per heavy atom. The van der Waals surface area contributed by atoms with Crippen LogP contribution in [0, 0.1) is 0 Å². The minimum absolute atomic E-state index is 0.0600. The predicted molar refractivity (Wildman–Crippen MR) is 109 cm³/mol. The van der Waals surface area contributed by atoms with Crippen LogP contribution in [0.3, 0.4) is 0 Å². The molecule has 1 unspecified atom stereocenters. The molecule has 0 saturated heterocycles. The fourth-order valence-corrected chi connectivity index (χ4v) is 3.42. The van der Waals surface area contributed by atoms with E-state index in [4.69, 9.17) is 11.5 Å². The van der Waals surface area contributed by atoms with Gasteiger partial charge in [-0.3, -0.25) is 9.36 Å². The van der Waals surface area contributed by atoms with Crippen molar-refractivity contribution in [2.45, 2.75) is 37.8 Å². The molecular formula is C19H23N9O. The summed E-state index contributed by atoms with van der Waals surface area (Å²) < 4.78 is 1.79. The number of hydrogen-bond donors (Lipinski definition) is 4. The Labute approximate surface area is 167 Å². The van der Waals surface area contributed by atoms with E-state index in [9.17, 15) is 4.79 Å². The van der Waals surface area contributed by atoms with Crippen molar-refractivity contribution in [1.29, 1.82) is 0 Å². The van der Waals surface area contributed by atoms with Gasteiger partial charge in [0, 0.05) is 29.7 Å². The lowest BCUT2D eigenvalue weighted by atomic mass is 9.91. The lowest BCUT2D eigenvalue weighted by Gasteiger charge is -2.29. The summed E-state index contributed by atoms with van der Waals surface area (Å²) in [6.07, 6.45) is 8.86. The first-order valence-corrected chi connectivity index (χ1v) is 9.51. The predicted octanol–water partition coefficient (Wildman–Crippen LogP) is 1.58. The van der Waals surface area contributed by atoms with Gasteiger partial charge in [0.2, 0.25) is 5.95 Å². The summed E-state index contributed by atoms with van der Waals surface area (Å²) in [5, 5.41) is 14.0. The molecule has 1 fully saturated rings. The number of anilines is 3. The summed E-state index contributed by atoms with van der Waals surface area (Å²) in [6.45, 7) is 0. The Hall–Kier alpha value is -3.53. The summed E-state index contributed by atoms with van der Waals surface area (Å²) in [7, 11) is 0. The van der Waals surface area contributed by atoms with Gasteiger partial charge in [0.05, 0.1) is 0 Å². The Morgan fingerprint density at radius 3 is 2.52 bits per heavy atom. The zero-order chi connectivity index (χ0) is 20.2. The first-order valence-electron chi connectivity index (χ1n) is 9.51. The Kier molecular flexibility index (Phi) is 5.34. The first-order chi connectivity index (χ1) is 14.1. The van der Waals surface area contributed by atoms with Crippen LogP contribution in [0.5, 0.6) is 0 Å². The van der Waals surface area contributed by atoms with Crippen LogP contribution in [-0.2, 0) is 0 Å². The number of hydrogen-bond acceptors (Lipinski definition) is 8. The van der Waals surface area contributed by atoms with Crippen molar-refractivity contribution in [2.75, 3.05) is 10.6 Å². The van der Waals surface area contributed by atoms with Crippen molar-refractivity contribution in [2.24, 2.45) is 11.5 Å². The van der Waals surface area contributed by atoms with Gasteiger partial charge in [0.15, 0.2) is 0 Å². The van der Waals surface area contributed by atoms with E-state index in [1.807, 2.05) is 24.3 Å². The number of amides is 1. The Bertz CT molecular complexity index is 972. The van der Waals surface area contributed by atoms with Gasteiger partial charge in [-0.05, 0) is 37.1 Å². The van der Waals surface area contributed by atoms with Crippen LogP contribution in [0.4, 0.5) is 17.5 Å². The van der Waals surface area contributed by atoms with Crippen LogP contribution in [0.1, 0.15) is 36.0 Å². The number of nitrogens with zero attached hydrogens (tertiary/aromatic N) is 5. The lowest BCUT2D eigenvalue weighted by Crippen LogP contribution is -2.43. The third kappa shape index (κ3) is 4.32. The van der Waals surface area contributed by atoms with Crippen LogP contribution < -0.4 is 22.1 Å². The highest BCUT2D eigenvalue weighted by Crippen LogP contribution is 2.23. The van der Waals surface area contributed by atoms with Crippen LogP contribution in [-0.4, -0.2) is 42.7 Å². The average molecular weight is 393 g/mol. The largest absolute Gasteiger partial charge is 0.365 e. The smallest absolute Gasteiger partial charge is 0.254 e. The zero-order valence-corrected chi connectivity index (χ0v) is 15.8. The van der Waals surface area contributed by atoms with Gasteiger partial charge in [0.1, 0.15) is 24.0 Å². The third-order valence-electron chi connectivity index (χ3n) is 5.04. The molecule has 10 nitrogen and oxygen atoms in total. The number of carbonyl (C=O) groups excluding carboxylic acids is 1. The summed E-state index contributed by atoms with van der Waals surface area (Å²) in [4.78, 5) is 20.5. The van der Waals surface area contributed by atoms with Crippen molar-refractivity contribution in [3.05, 3.63) is 48.7 Å². The van der Waals surface area contributed by atoms with Gasteiger partial charge in [-0.25, -0.2) is 4.98 Å². The van der Waals surface area contributed by atoms with Crippen molar-refractivity contribution in [1.82, 2.24) is 24.7 Å². The molecule has 0 radical (unpaired) electrons. The number of benzene rings is 1. The molecule has 0 bridgehead atoms. The number of rotatable bonds is 6. The first kappa shape index (κ1) is 18.8. The highest BCUT2D eigenvalue weighted by atomic mass is 16.1. The number of nitrogens with two attached hydrogens (primary N) is 2. The number of primary amides is 1. The molecule has 1 aliphatic rings. The van der Waals surface area contributed by atoms with Gasteiger partial charge in [-0.15, -0.1) is 10.2 Å². The SMILES string of the molecule is NC(=O)c1cnc(N[C@@H]2CCCCC2N)nc1Nc1ccc(-n2cnnc2)cc1. The molecule has 1 saturated carbocycles. The van der Waals surface area contributed by atoms with Gasteiger partial charge >= 0.3 is 0 Å². The molecule has 1 aromatic carbocycles. The van der Waals surface area contributed by atoms with Gasteiger partial charge in [0.25, 0.3) is 5.91 Å². The highest BCUT2D eigenvalue weighted by molar-refractivity contribution is 5.98. The maximum Gasteiger partial charge on any atom is 0.254 e. The average Bonchev–Trinajstić information content (AvgIpc) is 3.25. The van der Waals surface area contributed by atoms with Crippen molar-refractivity contribution in [3.8, 4) is 5.69 Å². The molecule has 2 heterocycles. The highest BCUT2D eigenvalue weighted by Gasteiger charge is 2.23. The second kappa shape index (κ2) is 8.23. The number of nitrogens with one attached hydrogen (secondary N) is 2. The second-order valence-electron chi connectivity index (χ2n) is 7.06. The van der Waals surface area contributed by atoms with E-state index >= 15 is 0 Å².